The van der Waals surface area contributed by atoms with Gasteiger partial charge in [0.2, 0.25) is 0 Å². The first-order chi connectivity index (χ1) is 18.9. The number of nitrogens with one attached hydrogen (secondary N) is 1. The normalized spacial score (nSPS) is 14.2. The average Bonchev–Trinajstić information content (AvgIpc) is 3.65. The summed E-state index contributed by atoms with van der Waals surface area (Å²) in [5.41, 5.74) is 7.49. The summed E-state index contributed by atoms with van der Waals surface area (Å²) in [5, 5.41) is 7.34. The molecule has 1 aliphatic heterocycles. The molecule has 0 saturated carbocycles. The largest absolute Gasteiger partial charge is 0.496 e. The van der Waals surface area contributed by atoms with Gasteiger partial charge in [0.1, 0.15) is 30.1 Å². The number of benzene rings is 2. The maximum Gasteiger partial charge on any atom is 0.352 e. The van der Waals surface area contributed by atoms with E-state index in [-0.39, 0.29) is 17.8 Å². The van der Waals surface area contributed by atoms with Crippen LogP contribution in [0.25, 0.3) is 17.1 Å². The minimum Gasteiger partial charge on any atom is -0.496 e. The summed E-state index contributed by atoms with van der Waals surface area (Å²) in [6.07, 6.45) is 5.69. The molecular formula is C28H24FN5O5. The van der Waals surface area contributed by atoms with Gasteiger partial charge >= 0.3 is 11.7 Å². The first kappa shape index (κ1) is 25.5. The van der Waals surface area contributed by atoms with Crippen molar-refractivity contribution in [1.29, 1.82) is 0 Å². The molecule has 0 saturated heterocycles. The van der Waals surface area contributed by atoms with Gasteiger partial charge in [0.25, 0.3) is 5.91 Å². The van der Waals surface area contributed by atoms with E-state index < -0.39 is 29.5 Å². The van der Waals surface area contributed by atoms with Crippen LogP contribution in [0, 0.1) is 5.82 Å². The number of carbonyl (C=O) groups excluding carboxylic acids is 2. The Balaban J connectivity index is 1.48. The van der Waals surface area contributed by atoms with Crippen molar-refractivity contribution in [3.8, 4) is 22.8 Å². The van der Waals surface area contributed by atoms with Crippen molar-refractivity contribution in [3.05, 3.63) is 109 Å². The monoisotopic (exact) mass is 529 g/mol. The maximum atomic E-state index is 13.9. The number of halogens is 1. The third kappa shape index (κ3) is 5.01. The molecule has 4 aromatic rings. The van der Waals surface area contributed by atoms with E-state index in [9.17, 15) is 14.0 Å². The minimum absolute atomic E-state index is 0.155. The topological polar surface area (TPSA) is 131 Å². The van der Waals surface area contributed by atoms with E-state index in [1.807, 2.05) is 30.3 Å². The number of methoxy groups -OCH3 is 1. The van der Waals surface area contributed by atoms with Crippen molar-refractivity contribution in [3.63, 3.8) is 0 Å². The second-order valence-electron chi connectivity index (χ2n) is 8.62. The Morgan fingerprint density at radius 3 is 2.59 bits per heavy atom. The van der Waals surface area contributed by atoms with Gasteiger partial charge in [-0.25, -0.2) is 14.1 Å². The molecule has 0 aliphatic carbocycles. The second kappa shape index (κ2) is 10.7. The Bertz CT molecular complexity index is 1530. The van der Waals surface area contributed by atoms with Crippen molar-refractivity contribution >= 4 is 11.8 Å². The van der Waals surface area contributed by atoms with Crippen LogP contribution < -0.4 is 15.8 Å². The lowest BCUT2D eigenvalue weighted by molar-refractivity contribution is -0.182. The fraction of sp³-hybridized carbons (Fsp3) is 0.143. The molecular weight excluding hydrogens is 505 g/mol. The number of nitrogens with zero attached hydrogens (tertiary/aromatic N) is 3. The van der Waals surface area contributed by atoms with Crippen LogP contribution in [0.5, 0.6) is 5.75 Å². The highest BCUT2D eigenvalue weighted by molar-refractivity contribution is 5.98. The lowest BCUT2D eigenvalue weighted by Crippen LogP contribution is -2.61. The molecule has 2 aromatic carbocycles. The van der Waals surface area contributed by atoms with E-state index in [1.165, 1.54) is 48.7 Å². The molecule has 5 rings (SSSR count). The maximum absolute atomic E-state index is 13.9. The van der Waals surface area contributed by atoms with Crippen molar-refractivity contribution < 1.29 is 28.2 Å². The summed E-state index contributed by atoms with van der Waals surface area (Å²) < 4.78 is 31.7. The van der Waals surface area contributed by atoms with Crippen molar-refractivity contribution in [2.75, 3.05) is 7.11 Å². The van der Waals surface area contributed by atoms with E-state index in [4.69, 9.17) is 19.9 Å². The van der Waals surface area contributed by atoms with E-state index >= 15 is 0 Å². The number of primary amides is 1. The number of amides is 2. The molecule has 0 radical (unpaired) electrons. The zero-order valence-electron chi connectivity index (χ0n) is 20.8. The molecule has 0 fully saturated rings. The fourth-order valence-electron chi connectivity index (χ4n) is 4.33. The van der Waals surface area contributed by atoms with E-state index in [2.05, 4.69) is 15.4 Å². The average molecular weight is 530 g/mol. The molecule has 1 unspecified atom stereocenters. The molecule has 3 heterocycles. The quantitative estimate of drug-likeness (QED) is 0.341. The number of ether oxygens (including phenoxy) is 3. The molecule has 1 aliphatic rings. The van der Waals surface area contributed by atoms with Crippen molar-refractivity contribution in [2.45, 2.75) is 18.2 Å². The van der Waals surface area contributed by atoms with Crippen molar-refractivity contribution in [1.82, 2.24) is 20.1 Å². The molecule has 3 N–H and O–H groups in total. The number of pyridine rings is 1. The predicted molar refractivity (Wildman–Crippen MR) is 138 cm³/mol. The number of aromatic nitrogens is 3. The molecule has 10 nitrogen and oxygen atoms in total. The van der Waals surface area contributed by atoms with Crippen LogP contribution in [0.1, 0.15) is 15.9 Å². The van der Waals surface area contributed by atoms with Gasteiger partial charge < -0.3 is 25.3 Å². The second-order valence-corrected chi connectivity index (χ2v) is 8.62. The number of nitrogens with two attached hydrogens (primary N) is 1. The number of hydrogen-bond acceptors (Lipinski definition) is 7. The first-order valence-electron chi connectivity index (χ1n) is 11.9. The molecule has 0 bridgehead atoms. The van der Waals surface area contributed by atoms with Crippen LogP contribution in [0.3, 0.4) is 0 Å². The molecule has 1 atom stereocenters. The third-order valence-electron chi connectivity index (χ3n) is 6.21. The van der Waals surface area contributed by atoms with Gasteiger partial charge in [-0.05, 0) is 42.0 Å². The Morgan fingerprint density at radius 1 is 1.10 bits per heavy atom. The molecule has 39 heavy (non-hydrogen) atoms. The van der Waals surface area contributed by atoms with Gasteiger partial charge in [-0.2, -0.15) is 5.10 Å². The first-order valence-corrected chi connectivity index (χ1v) is 11.9. The zero-order chi connectivity index (χ0) is 27.4. The van der Waals surface area contributed by atoms with Crippen LogP contribution >= 0.6 is 0 Å². The highest BCUT2D eigenvalue weighted by atomic mass is 19.1. The summed E-state index contributed by atoms with van der Waals surface area (Å²) in [7, 11) is 1.48. The van der Waals surface area contributed by atoms with Crippen LogP contribution in [-0.4, -0.2) is 45.5 Å². The lowest BCUT2D eigenvalue weighted by Gasteiger charge is -2.33. The van der Waals surface area contributed by atoms with Gasteiger partial charge in [0, 0.05) is 24.4 Å². The van der Waals surface area contributed by atoms with E-state index in [0.717, 1.165) is 5.56 Å². The van der Waals surface area contributed by atoms with Gasteiger partial charge in [-0.15, -0.1) is 0 Å². The molecule has 2 aromatic heterocycles. The Labute approximate surface area is 222 Å². The summed E-state index contributed by atoms with van der Waals surface area (Å²) in [6.45, 7) is 0. The summed E-state index contributed by atoms with van der Waals surface area (Å²) in [4.78, 5) is 30.5. The number of rotatable bonds is 9. The van der Waals surface area contributed by atoms with Crippen LogP contribution in [0.15, 0.2) is 91.6 Å². The standard InChI is InChI=1S/C28H24FN5O5/c1-37-23-10-9-19(29)17-21(23)22-11-13-34(33-22)25-20(8-5-12-31-25)26(35)32-24(16-18-6-3-2-4-7-18)28(27(30)36)38-14-15-39-28/h2-15,17,24H,16H2,1H3,(H2,30,36)(H,32,35). The van der Waals surface area contributed by atoms with Crippen LogP contribution in [0.2, 0.25) is 0 Å². The smallest absolute Gasteiger partial charge is 0.352 e. The van der Waals surface area contributed by atoms with E-state index in [1.54, 1.807) is 24.4 Å². The third-order valence-corrected chi connectivity index (χ3v) is 6.21. The summed E-state index contributed by atoms with van der Waals surface area (Å²) in [5.74, 6) is -3.22. The van der Waals surface area contributed by atoms with E-state index in [0.29, 0.717) is 17.0 Å². The molecule has 198 valence electrons. The fourth-order valence-corrected chi connectivity index (χ4v) is 4.33. The van der Waals surface area contributed by atoms with Crippen LogP contribution in [0.4, 0.5) is 4.39 Å². The highest BCUT2D eigenvalue weighted by Crippen LogP contribution is 2.30. The summed E-state index contributed by atoms with van der Waals surface area (Å²) in [6, 6.07) is 17.1. The van der Waals surface area contributed by atoms with Gasteiger partial charge in [-0.3, -0.25) is 9.59 Å². The number of hydrogen-bond donors (Lipinski definition) is 2. The SMILES string of the molecule is COc1ccc(F)cc1-c1ccn(-c2ncccc2C(=O)NC(Cc2ccccc2)C2(C(N)=O)OC=CO2)n1. The van der Waals surface area contributed by atoms with Gasteiger partial charge in [-0.1, -0.05) is 30.3 Å². The lowest BCUT2D eigenvalue weighted by atomic mass is 9.97. The van der Waals surface area contributed by atoms with Crippen LogP contribution in [-0.2, 0) is 20.7 Å². The number of carbonyl (C=O) groups is 2. The van der Waals surface area contributed by atoms with Gasteiger partial charge in [0.15, 0.2) is 5.82 Å². The Kier molecular flexibility index (Phi) is 6.96. The Morgan fingerprint density at radius 2 is 1.87 bits per heavy atom. The van der Waals surface area contributed by atoms with Gasteiger partial charge in [0.05, 0.1) is 18.4 Å². The zero-order valence-corrected chi connectivity index (χ0v) is 20.8. The summed E-state index contributed by atoms with van der Waals surface area (Å²) >= 11 is 0. The minimum atomic E-state index is -1.94. The molecule has 2 amide bonds. The molecule has 0 spiro atoms. The predicted octanol–water partition coefficient (Wildman–Crippen LogP) is 3.12. The van der Waals surface area contributed by atoms with Crippen molar-refractivity contribution in [2.24, 2.45) is 5.73 Å². The Hall–Kier alpha value is -5.19. The molecule has 11 heteroatoms. The highest BCUT2D eigenvalue weighted by Gasteiger charge is 2.51.